The Morgan fingerprint density at radius 1 is 1.30 bits per heavy atom. The summed E-state index contributed by atoms with van der Waals surface area (Å²) in [6.07, 6.45) is 2.07. The Balaban J connectivity index is 1.99. The van der Waals surface area contributed by atoms with Crippen LogP contribution in [0.3, 0.4) is 0 Å². The van der Waals surface area contributed by atoms with Gasteiger partial charge in [0, 0.05) is 18.6 Å². The molecule has 30 heavy (non-hydrogen) atoms. The zero-order valence-electron chi connectivity index (χ0n) is 17.5. The van der Waals surface area contributed by atoms with Crippen LogP contribution in [0.25, 0.3) is 11.0 Å². The molecule has 0 fully saturated rings. The van der Waals surface area contributed by atoms with Gasteiger partial charge in [-0.1, -0.05) is 0 Å². The molecule has 2 aromatic heterocycles. The van der Waals surface area contributed by atoms with Crippen LogP contribution in [0.1, 0.15) is 27.2 Å². The van der Waals surface area contributed by atoms with E-state index in [1.165, 1.54) is 10.6 Å². The van der Waals surface area contributed by atoms with Crippen molar-refractivity contribution in [1.82, 2.24) is 9.55 Å². The molecule has 0 radical (unpaired) electrons. The van der Waals surface area contributed by atoms with E-state index in [0.717, 1.165) is 12.1 Å². The summed E-state index contributed by atoms with van der Waals surface area (Å²) >= 11 is 0. The number of aryl methyl sites for hydroxylation is 2. The fourth-order valence-electron chi connectivity index (χ4n) is 3.46. The molecule has 160 valence electrons. The fourth-order valence-corrected chi connectivity index (χ4v) is 3.46. The van der Waals surface area contributed by atoms with Gasteiger partial charge in [-0.3, -0.25) is 10.1 Å². The first-order valence-electron chi connectivity index (χ1n) is 9.47. The normalized spacial score (nSPS) is 12.8. The standard InChI is InChI=1S/C21H24F2N4O3/c1-12(10-21(2,3)29)25-20-24-11-13-8-17(19(28)26(4)18(13)27(20)5)30-16-7-6-14(22)9-15(16)23/h6-9,11-12,29H,10H2,1-5H3/p+1. The molecule has 9 heteroatoms. The van der Waals surface area contributed by atoms with E-state index in [2.05, 4.69) is 10.3 Å². The average molecular weight is 419 g/mol. The monoisotopic (exact) mass is 419 g/mol. The summed E-state index contributed by atoms with van der Waals surface area (Å²) in [5.41, 5.74) is -0.750. The van der Waals surface area contributed by atoms with Crippen LogP contribution in [0.5, 0.6) is 11.5 Å². The number of nitrogens with zero attached hydrogens (tertiary/aromatic N) is 3. The SMILES string of the molecule is CC(CC(C)(C)O)Nc1ncc2cc(Oc3ccc(F)cc3F)c(=O)n(C)c2[n+]1C. The van der Waals surface area contributed by atoms with E-state index < -0.39 is 22.8 Å². The maximum absolute atomic E-state index is 13.9. The molecule has 2 N–H and O–H groups in total. The highest BCUT2D eigenvalue weighted by Crippen LogP contribution is 2.24. The molecule has 0 aliphatic rings. The molecular formula is C21H25F2N4O3+. The molecule has 1 unspecified atom stereocenters. The maximum atomic E-state index is 13.9. The largest absolute Gasteiger partial charge is 0.447 e. The van der Waals surface area contributed by atoms with Gasteiger partial charge in [0.1, 0.15) is 12.0 Å². The minimum Gasteiger partial charge on any atom is -0.447 e. The molecule has 1 atom stereocenters. The van der Waals surface area contributed by atoms with Gasteiger partial charge in [0.15, 0.2) is 11.6 Å². The predicted octanol–water partition coefficient (Wildman–Crippen LogP) is 2.79. The number of nitrogens with one attached hydrogen (secondary N) is 1. The minimum atomic E-state index is -0.902. The topological polar surface area (TPSA) is 80.3 Å². The number of hydrogen-bond donors (Lipinski definition) is 2. The Bertz CT molecular complexity index is 1160. The Labute approximate surface area is 172 Å². The first kappa shape index (κ1) is 21.6. The second-order valence-corrected chi connectivity index (χ2v) is 8.03. The number of hydrogen-bond acceptors (Lipinski definition) is 5. The number of halogens is 2. The quantitative estimate of drug-likeness (QED) is 0.601. The van der Waals surface area contributed by atoms with Crippen molar-refractivity contribution in [3.63, 3.8) is 0 Å². The lowest BCUT2D eigenvalue weighted by molar-refractivity contribution is -0.636. The van der Waals surface area contributed by atoms with Crippen LogP contribution in [-0.2, 0) is 14.1 Å². The highest BCUT2D eigenvalue weighted by atomic mass is 19.1. The van der Waals surface area contributed by atoms with E-state index in [4.69, 9.17) is 4.74 Å². The molecular weight excluding hydrogens is 394 g/mol. The van der Waals surface area contributed by atoms with E-state index >= 15 is 0 Å². The fraction of sp³-hybridized carbons (Fsp3) is 0.381. The van der Waals surface area contributed by atoms with Crippen LogP contribution in [0.2, 0.25) is 0 Å². The number of pyridine rings is 1. The first-order valence-corrected chi connectivity index (χ1v) is 9.47. The van der Waals surface area contributed by atoms with Crippen molar-refractivity contribution >= 4 is 17.0 Å². The van der Waals surface area contributed by atoms with Crippen molar-refractivity contribution in [1.29, 1.82) is 0 Å². The Hall–Kier alpha value is -3.07. The third kappa shape index (κ3) is 4.56. The molecule has 0 amide bonds. The van der Waals surface area contributed by atoms with Crippen molar-refractivity contribution in [3.8, 4) is 11.5 Å². The van der Waals surface area contributed by atoms with Crippen LogP contribution in [0.4, 0.5) is 14.7 Å². The Morgan fingerprint density at radius 3 is 2.63 bits per heavy atom. The molecule has 0 aliphatic carbocycles. The highest BCUT2D eigenvalue weighted by Gasteiger charge is 2.23. The zero-order chi connectivity index (χ0) is 22.2. The van der Waals surface area contributed by atoms with Gasteiger partial charge >= 0.3 is 11.5 Å². The van der Waals surface area contributed by atoms with Crippen LogP contribution in [-0.4, -0.2) is 26.3 Å². The summed E-state index contributed by atoms with van der Waals surface area (Å²) in [5.74, 6) is -1.47. The number of fused-ring (bicyclic) bond motifs is 1. The van der Waals surface area contributed by atoms with Crippen molar-refractivity contribution < 1.29 is 23.2 Å². The van der Waals surface area contributed by atoms with Crippen LogP contribution >= 0.6 is 0 Å². The summed E-state index contributed by atoms with van der Waals surface area (Å²) in [7, 11) is 3.33. The van der Waals surface area contributed by atoms with E-state index in [9.17, 15) is 18.7 Å². The Kier molecular flexibility index (Phi) is 5.76. The number of ether oxygens (including phenoxy) is 1. The molecule has 2 heterocycles. The van der Waals surface area contributed by atoms with Gasteiger partial charge < -0.3 is 9.84 Å². The summed E-state index contributed by atoms with van der Waals surface area (Å²) in [5, 5.41) is 13.8. The van der Waals surface area contributed by atoms with E-state index in [-0.39, 0.29) is 17.5 Å². The third-order valence-corrected chi connectivity index (χ3v) is 4.63. The van der Waals surface area contributed by atoms with E-state index in [1.54, 1.807) is 38.7 Å². The van der Waals surface area contributed by atoms with E-state index in [0.29, 0.717) is 29.5 Å². The van der Waals surface area contributed by atoms with Gasteiger partial charge in [-0.05, 0) is 32.9 Å². The number of aromatic nitrogens is 3. The lowest BCUT2D eigenvalue weighted by atomic mass is 10.0. The minimum absolute atomic E-state index is 0.0674. The Morgan fingerprint density at radius 2 is 2.00 bits per heavy atom. The first-order chi connectivity index (χ1) is 14.0. The number of benzene rings is 1. The summed E-state index contributed by atoms with van der Waals surface area (Å²) in [6.45, 7) is 5.39. The smallest absolute Gasteiger partial charge is 0.347 e. The molecule has 3 rings (SSSR count). The predicted molar refractivity (Wildman–Crippen MR) is 109 cm³/mol. The van der Waals surface area contributed by atoms with Gasteiger partial charge in [0.05, 0.1) is 31.1 Å². The maximum Gasteiger partial charge on any atom is 0.347 e. The van der Waals surface area contributed by atoms with Gasteiger partial charge in [-0.25, -0.2) is 17.9 Å². The van der Waals surface area contributed by atoms with Crippen molar-refractivity contribution in [2.75, 3.05) is 5.32 Å². The summed E-state index contributed by atoms with van der Waals surface area (Å²) < 4.78 is 35.5. The zero-order valence-corrected chi connectivity index (χ0v) is 17.5. The number of aliphatic hydroxyl groups is 1. The average Bonchev–Trinajstić information content (AvgIpc) is 2.62. The molecule has 0 spiro atoms. The van der Waals surface area contributed by atoms with Crippen molar-refractivity contribution in [3.05, 3.63) is 52.5 Å². The summed E-state index contributed by atoms with van der Waals surface area (Å²) in [4.78, 5) is 17.2. The van der Waals surface area contributed by atoms with Crippen molar-refractivity contribution in [2.24, 2.45) is 14.1 Å². The molecule has 0 aliphatic heterocycles. The van der Waals surface area contributed by atoms with Crippen molar-refractivity contribution in [2.45, 2.75) is 38.8 Å². The molecule has 1 aromatic carbocycles. The number of rotatable bonds is 6. The van der Waals surface area contributed by atoms with Crippen LogP contribution < -0.4 is 20.2 Å². The van der Waals surface area contributed by atoms with Crippen LogP contribution in [0, 0.1) is 11.6 Å². The van der Waals surface area contributed by atoms with Gasteiger partial charge in [0.2, 0.25) is 11.4 Å². The number of anilines is 1. The van der Waals surface area contributed by atoms with E-state index in [1.807, 2.05) is 6.92 Å². The lowest BCUT2D eigenvalue weighted by Crippen LogP contribution is -2.41. The molecule has 0 bridgehead atoms. The third-order valence-electron chi connectivity index (χ3n) is 4.63. The molecule has 7 nitrogen and oxygen atoms in total. The van der Waals surface area contributed by atoms with Crippen LogP contribution in [0.15, 0.2) is 35.3 Å². The van der Waals surface area contributed by atoms with Gasteiger partial charge in [-0.2, -0.15) is 0 Å². The molecule has 0 saturated heterocycles. The lowest BCUT2D eigenvalue weighted by Gasteiger charge is -2.21. The molecule has 3 aromatic rings. The van der Waals surface area contributed by atoms with Gasteiger partial charge in [0.25, 0.3) is 0 Å². The van der Waals surface area contributed by atoms with Gasteiger partial charge in [-0.15, -0.1) is 4.98 Å². The second kappa shape index (κ2) is 7.98. The highest BCUT2D eigenvalue weighted by molar-refractivity contribution is 5.73. The summed E-state index contributed by atoms with van der Waals surface area (Å²) in [6, 6.07) is 4.27. The molecule has 0 saturated carbocycles. The second-order valence-electron chi connectivity index (χ2n) is 8.03.